The van der Waals surface area contributed by atoms with Crippen molar-refractivity contribution in [3.8, 4) is 0 Å². The maximum Gasteiger partial charge on any atom is 0.407 e. The van der Waals surface area contributed by atoms with Crippen molar-refractivity contribution in [3.63, 3.8) is 0 Å². The number of benzene rings is 1. The molecule has 0 saturated heterocycles. The van der Waals surface area contributed by atoms with Crippen molar-refractivity contribution >= 4 is 40.9 Å². The molecular formula is C19H21Cl2N3O3. The quantitative estimate of drug-likeness (QED) is 0.700. The molecule has 1 aromatic carbocycles. The summed E-state index contributed by atoms with van der Waals surface area (Å²) in [4.78, 5) is 27.7. The molecule has 8 heteroatoms. The number of nitrogens with one attached hydrogen (secondary N) is 2. The molecule has 0 radical (unpaired) electrons. The Morgan fingerprint density at radius 2 is 1.81 bits per heavy atom. The Labute approximate surface area is 168 Å². The van der Waals surface area contributed by atoms with E-state index in [-0.39, 0.29) is 21.6 Å². The predicted octanol–water partition coefficient (Wildman–Crippen LogP) is 4.71. The number of hydrogen-bond donors (Lipinski definition) is 2. The summed E-state index contributed by atoms with van der Waals surface area (Å²) in [6.45, 7) is 5.89. The Balaban J connectivity index is 1.86. The fraction of sp³-hybridized carbons (Fsp3) is 0.316. The molecule has 2 amide bonds. The van der Waals surface area contributed by atoms with Crippen molar-refractivity contribution in [3.05, 3.63) is 57.8 Å². The SMILES string of the molecule is CC(C)(C)OC(=O)NCCc1ccc(NC(=O)c2cnc(Cl)cc2Cl)cc1. The Morgan fingerprint density at radius 1 is 1.15 bits per heavy atom. The number of amides is 2. The number of aromatic nitrogens is 1. The van der Waals surface area contributed by atoms with Crippen molar-refractivity contribution < 1.29 is 14.3 Å². The summed E-state index contributed by atoms with van der Waals surface area (Å²) in [7, 11) is 0. The number of alkyl carbamates (subject to hydrolysis) is 1. The first kappa shape index (κ1) is 21.0. The highest BCUT2D eigenvalue weighted by atomic mass is 35.5. The van der Waals surface area contributed by atoms with Crippen molar-refractivity contribution in [2.24, 2.45) is 0 Å². The molecule has 2 aromatic rings. The molecule has 0 aliphatic rings. The Hall–Kier alpha value is -2.31. The van der Waals surface area contributed by atoms with E-state index in [0.29, 0.717) is 18.7 Å². The fourth-order valence-electron chi connectivity index (χ4n) is 2.15. The maximum absolute atomic E-state index is 12.3. The van der Waals surface area contributed by atoms with Gasteiger partial charge in [0.05, 0.1) is 10.6 Å². The zero-order valence-corrected chi connectivity index (χ0v) is 16.8. The standard InChI is InChI=1S/C19H21Cl2N3O3/c1-19(2,3)27-18(26)22-9-8-12-4-6-13(7-5-12)24-17(25)14-11-23-16(21)10-15(14)20/h4-7,10-11H,8-9H2,1-3H3,(H,22,26)(H,24,25). The van der Waals surface area contributed by atoms with E-state index in [1.807, 2.05) is 32.9 Å². The van der Waals surface area contributed by atoms with Crippen LogP contribution in [0.15, 0.2) is 36.5 Å². The van der Waals surface area contributed by atoms with E-state index in [4.69, 9.17) is 27.9 Å². The number of halogens is 2. The lowest BCUT2D eigenvalue weighted by molar-refractivity contribution is 0.0528. The molecule has 6 nitrogen and oxygen atoms in total. The van der Waals surface area contributed by atoms with E-state index in [1.165, 1.54) is 12.3 Å². The summed E-state index contributed by atoms with van der Waals surface area (Å²) in [6, 6.07) is 8.71. The number of ether oxygens (including phenoxy) is 1. The van der Waals surface area contributed by atoms with E-state index >= 15 is 0 Å². The third kappa shape index (κ3) is 7.07. The molecule has 1 aromatic heterocycles. The van der Waals surface area contributed by atoms with Gasteiger partial charge < -0.3 is 15.4 Å². The van der Waals surface area contributed by atoms with Crippen molar-refractivity contribution in [1.29, 1.82) is 0 Å². The number of pyridine rings is 1. The minimum atomic E-state index is -0.521. The highest BCUT2D eigenvalue weighted by molar-refractivity contribution is 6.36. The maximum atomic E-state index is 12.3. The molecule has 27 heavy (non-hydrogen) atoms. The van der Waals surface area contributed by atoms with Crippen LogP contribution in [-0.2, 0) is 11.2 Å². The molecule has 0 bridgehead atoms. The number of hydrogen-bond acceptors (Lipinski definition) is 4. The summed E-state index contributed by atoms with van der Waals surface area (Å²) in [5, 5.41) is 5.91. The normalized spacial score (nSPS) is 11.0. The van der Waals surface area contributed by atoms with Gasteiger partial charge in [0.15, 0.2) is 0 Å². The van der Waals surface area contributed by atoms with E-state index in [0.717, 1.165) is 5.56 Å². The molecule has 0 atom stereocenters. The second kappa shape index (κ2) is 9.06. The van der Waals surface area contributed by atoms with Gasteiger partial charge in [-0.25, -0.2) is 9.78 Å². The molecule has 0 unspecified atom stereocenters. The van der Waals surface area contributed by atoms with Crippen LogP contribution in [0.5, 0.6) is 0 Å². The lowest BCUT2D eigenvalue weighted by Crippen LogP contribution is -2.33. The van der Waals surface area contributed by atoms with Crippen LogP contribution in [-0.4, -0.2) is 29.1 Å². The first-order chi connectivity index (χ1) is 12.6. The molecule has 0 aliphatic heterocycles. The second-order valence-corrected chi connectivity index (χ2v) is 7.61. The largest absolute Gasteiger partial charge is 0.444 e. The Morgan fingerprint density at radius 3 is 2.41 bits per heavy atom. The lowest BCUT2D eigenvalue weighted by Gasteiger charge is -2.19. The topological polar surface area (TPSA) is 80.3 Å². The third-order valence-corrected chi connectivity index (χ3v) is 3.88. The number of anilines is 1. The third-order valence-electron chi connectivity index (χ3n) is 3.36. The summed E-state index contributed by atoms with van der Waals surface area (Å²) in [6.07, 6.45) is 1.52. The zero-order chi connectivity index (χ0) is 20.0. The van der Waals surface area contributed by atoms with Gasteiger partial charge in [-0.2, -0.15) is 0 Å². The summed E-state index contributed by atoms with van der Waals surface area (Å²) >= 11 is 11.7. The van der Waals surface area contributed by atoms with Crippen LogP contribution in [0.2, 0.25) is 10.2 Å². The van der Waals surface area contributed by atoms with Crippen LogP contribution < -0.4 is 10.6 Å². The van der Waals surface area contributed by atoms with Gasteiger partial charge in [0.25, 0.3) is 5.91 Å². The van der Waals surface area contributed by atoms with Gasteiger partial charge in [0.2, 0.25) is 0 Å². The van der Waals surface area contributed by atoms with Crippen LogP contribution in [0.3, 0.4) is 0 Å². The minimum Gasteiger partial charge on any atom is -0.444 e. The highest BCUT2D eigenvalue weighted by Crippen LogP contribution is 2.20. The summed E-state index contributed by atoms with van der Waals surface area (Å²) in [5.41, 5.74) is 1.35. The van der Waals surface area contributed by atoms with Gasteiger partial charge in [-0.05, 0) is 51.0 Å². The van der Waals surface area contributed by atoms with Gasteiger partial charge in [-0.1, -0.05) is 35.3 Å². The van der Waals surface area contributed by atoms with Gasteiger partial charge in [0.1, 0.15) is 10.8 Å². The predicted molar refractivity (Wildman–Crippen MR) is 107 cm³/mol. The van der Waals surface area contributed by atoms with Crippen LogP contribution in [0.4, 0.5) is 10.5 Å². The average molecular weight is 410 g/mol. The van der Waals surface area contributed by atoms with Gasteiger partial charge in [-0.15, -0.1) is 0 Å². The van der Waals surface area contributed by atoms with E-state index < -0.39 is 11.7 Å². The number of rotatable bonds is 5. The van der Waals surface area contributed by atoms with Crippen LogP contribution in [0.25, 0.3) is 0 Å². The molecule has 2 rings (SSSR count). The molecule has 1 heterocycles. The van der Waals surface area contributed by atoms with Crippen molar-refractivity contribution in [2.75, 3.05) is 11.9 Å². The zero-order valence-electron chi connectivity index (χ0n) is 15.3. The Bertz CT molecular complexity index is 818. The molecule has 2 N–H and O–H groups in total. The second-order valence-electron chi connectivity index (χ2n) is 6.82. The molecule has 0 aliphatic carbocycles. The molecule has 0 saturated carbocycles. The first-order valence-corrected chi connectivity index (χ1v) is 9.08. The minimum absolute atomic E-state index is 0.223. The van der Waals surface area contributed by atoms with Gasteiger partial charge in [0, 0.05) is 18.4 Å². The Kier molecular flexibility index (Phi) is 7.05. The molecular weight excluding hydrogens is 389 g/mol. The van der Waals surface area contributed by atoms with Gasteiger partial charge in [-0.3, -0.25) is 4.79 Å². The van der Waals surface area contributed by atoms with Crippen molar-refractivity contribution in [2.45, 2.75) is 32.8 Å². The monoisotopic (exact) mass is 409 g/mol. The molecule has 0 spiro atoms. The molecule has 144 valence electrons. The lowest BCUT2D eigenvalue weighted by atomic mass is 10.1. The van der Waals surface area contributed by atoms with Crippen molar-refractivity contribution in [1.82, 2.24) is 10.3 Å². The van der Waals surface area contributed by atoms with Crippen LogP contribution in [0, 0.1) is 0 Å². The van der Waals surface area contributed by atoms with Crippen LogP contribution in [0.1, 0.15) is 36.7 Å². The van der Waals surface area contributed by atoms with E-state index in [1.54, 1.807) is 12.1 Å². The fourth-order valence-corrected chi connectivity index (χ4v) is 2.60. The van der Waals surface area contributed by atoms with E-state index in [9.17, 15) is 9.59 Å². The number of carbonyl (C=O) groups is 2. The molecule has 0 fully saturated rings. The van der Waals surface area contributed by atoms with Crippen LogP contribution >= 0.6 is 23.2 Å². The summed E-state index contributed by atoms with van der Waals surface area (Å²) < 4.78 is 5.18. The smallest absolute Gasteiger partial charge is 0.407 e. The summed E-state index contributed by atoms with van der Waals surface area (Å²) in [5.74, 6) is -0.372. The van der Waals surface area contributed by atoms with Gasteiger partial charge >= 0.3 is 6.09 Å². The van der Waals surface area contributed by atoms with E-state index in [2.05, 4.69) is 15.6 Å². The number of carbonyl (C=O) groups excluding carboxylic acids is 2. The highest BCUT2D eigenvalue weighted by Gasteiger charge is 2.15. The number of nitrogens with zero attached hydrogens (tertiary/aromatic N) is 1. The average Bonchev–Trinajstić information content (AvgIpc) is 2.54. The first-order valence-electron chi connectivity index (χ1n) is 8.32.